The van der Waals surface area contributed by atoms with Gasteiger partial charge in [0.2, 0.25) is 0 Å². The van der Waals surface area contributed by atoms with Gasteiger partial charge in [-0.25, -0.2) is 13.8 Å². The molecule has 5 aromatic rings. The molecule has 0 saturated carbocycles. The summed E-state index contributed by atoms with van der Waals surface area (Å²) in [5.74, 6) is -0.400. The van der Waals surface area contributed by atoms with Crippen LogP contribution < -0.4 is 9.73 Å². The van der Waals surface area contributed by atoms with Gasteiger partial charge in [-0.3, -0.25) is 9.10 Å². The predicted octanol–water partition coefficient (Wildman–Crippen LogP) is 6.67. The first-order valence-corrected chi connectivity index (χ1v) is 14.5. The molecule has 7 nitrogen and oxygen atoms in total. The molecule has 5 rings (SSSR count). The molecule has 0 spiro atoms. The summed E-state index contributed by atoms with van der Waals surface area (Å²) in [5, 5.41) is 16.5. The molecule has 0 radical (unpaired) electrons. The Kier molecular flexibility index (Phi) is 8.05. The molecule has 1 amide bonds. The minimum atomic E-state index is -3.92. The number of fused-ring (bicyclic) bond motifs is 1. The number of phenols is 1. The van der Waals surface area contributed by atoms with E-state index < -0.39 is 15.9 Å². The molecule has 9 heteroatoms. The maximum atomic E-state index is 13.7. The number of halogens is 1. The van der Waals surface area contributed by atoms with E-state index in [2.05, 4.69) is 10.5 Å². The monoisotopic (exact) mass is 583 g/mol. The van der Waals surface area contributed by atoms with E-state index >= 15 is 0 Å². The van der Waals surface area contributed by atoms with Crippen molar-refractivity contribution in [2.24, 2.45) is 5.10 Å². The molecule has 0 unspecified atom stereocenters. The fourth-order valence-electron chi connectivity index (χ4n) is 4.45. The summed E-state index contributed by atoms with van der Waals surface area (Å²) in [7, 11) is -3.92. The number of nitrogens with one attached hydrogen (secondary N) is 1. The second-order valence-corrected chi connectivity index (χ2v) is 11.6. The Morgan fingerprint density at radius 3 is 2.37 bits per heavy atom. The predicted molar refractivity (Wildman–Crippen MR) is 163 cm³/mol. The molecule has 0 aliphatic rings. The van der Waals surface area contributed by atoms with Crippen molar-refractivity contribution in [3.05, 3.63) is 136 Å². The van der Waals surface area contributed by atoms with Crippen molar-refractivity contribution < 1.29 is 18.3 Å². The maximum absolute atomic E-state index is 13.7. The average molecular weight is 584 g/mol. The van der Waals surface area contributed by atoms with Gasteiger partial charge in [-0.05, 0) is 71.3 Å². The molecule has 0 aromatic heterocycles. The molecular formula is C32H26ClN3O4S. The van der Waals surface area contributed by atoms with Gasteiger partial charge in [-0.1, -0.05) is 78.3 Å². The molecule has 0 aliphatic carbocycles. The van der Waals surface area contributed by atoms with Crippen LogP contribution in [0.3, 0.4) is 0 Å². The number of hydrazone groups is 1. The third-order valence-electron chi connectivity index (χ3n) is 6.69. The molecular weight excluding hydrogens is 558 g/mol. The summed E-state index contributed by atoms with van der Waals surface area (Å²) in [6, 6.07) is 30.9. The van der Waals surface area contributed by atoms with E-state index in [4.69, 9.17) is 11.6 Å². The lowest BCUT2D eigenvalue weighted by atomic mass is 10.0. The highest BCUT2D eigenvalue weighted by Gasteiger charge is 2.27. The zero-order valence-electron chi connectivity index (χ0n) is 22.0. The highest BCUT2D eigenvalue weighted by Crippen LogP contribution is 2.32. The summed E-state index contributed by atoms with van der Waals surface area (Å²) < 4.78 is 28.7. The second-order valence-electron chi connectivity index (χ2n) is 9.32. The molecule has 0 aliphatic heterocycles. The van der Waals surface area contributed by atoms with Gasteiger partial charge in [-0.2, -0.15) is 5.10 Å². The van der Waals surface area contributed by atoms with E-state index in [1.807, 2.05) is 30.3 Å². The number of carbonyl (C=O) groups excluding carboxylic acids is 1. The highest BCUT2D eigenvalue weighted by molar-refractivity contribution is 7.92. The Balaban J connectivity index is 1.36. The van der Waals surface area contributed by atoms with Crippen LogP contribution in [0, 0.1) is 6.92 Å². The second kappa shape index (κ2) is 11.8. The first-order valence-electron chi connectivity index (χ1n) is 12.7. The van der Waals surface area contributed by atoms with Crippen LogP contribution in [0.4, 0.5) is 5.69 Å². The quantitative estimate of drug-likeness (QED) is 0.157. The molecule has 206 valence electrons. The van der Waals surface area contributed by atoms with Crippen LogP contribution in [-0.2, 0) is 16.6 Å². The molecule has 2 N–H and O–H groups in total. The van der Waals surface area contributed by atoms with Crippen LogP contribution in [-0.4, -0.2) is 25.6 Å². The Morgan fingerprint density at radius 1 is 0.902 bits per heavy atom. The van der Waals surface area contributed by atoms with Crippen LogP contribution >= 0.6 is 11.6 Å². The summed E-state index contributed by atoms with van der Waals surface area (Å²) in [5.41, 5.74) is 5.09. The van der Waals surface area contributed by atoms with Crippen molar-refractivity contribution in [3.63, 3.8) is 0 Å². The smallest absolute Gasteiger partial charge is 0.271 e. The molecule has 0 atom stereocenters. The molecule has 0 heterocycles. The fraction of sp³-hybridized carbons (Fsp3) is 0.0625. The number of hydrogen-bond acceptors (Lipinski definition) is 5. The Morgan fingerprint density at radius 2 is 1.61 bits per heavy atom. The molecule has 5 aromatic carbocycles. The van der Waals surface area contributed by atoms with Gasteiger partial charge in [-0.15, -0.1) is 0 Å². The van der Waals surface area contributed by atoms with Crippen molar-refractivity contribution in [2.75, 3.05) is 4.31 Å². The zero-order chi connectivity index (χ0) is 29.0. The number of anilines is 1. The van der Waals surface area contributed by atoms with E-state index in [1.165, 1.54) is 10.5 Å². The number of hydrogen-bond donors (Lipinski definition) is 2. The summed E-state index contributed by atoms with van der Waals surface area (Å²) in [6.45, 7) is 1.80. The van der Waals surface area contributed by atoms with Gasteiger partial charge in [0, 0.05) is 16.1 Å². The first kappa shape index (κ1) is 27.9. The minimum absolute atomic E-state index is 0.0266. The number of nitrogens with zero attached hydrogens (tertiary/aromatic N) is 2. The number of sulfonamides is 1. The van der Waals surface area contributed by atoms with Crippen molar-refractivity contribution in [1.29, 1.82) is 0 Å². The SMILES string of the molecule is Cc1c(Cl)cccc1N(Cc1ccc(C(=O)NN=Cc2c(O)ccc3ccccc23)cc1)S(=O)(=O)c1ccccc1. The summed E-state index contributed by atoms with van der Waals surface area (Å²) in [6.07, 6.45) is 1.41. The first-order chi connectivity index (χ1) is 19.8. The van der Waals surface area contributed by atoms with Crippen molar-refractivity contribution in [3.8, 4) is 5.75 Å². The normalized spacial score (nSPS) is 11.6. The Hall–Kier alpha value is -4.66. The van der Waals surface area contributed by atoms with Gasteiger partial charge >= 0.3 is 0 Å². The van der Waals surface area contributed by atoms with E-state index in [0.29, 0.717) is 33.0 Å². The van der Waals surface area contributed by atoms with Gasteiger partial charge in [0.05, 0.1) is 23.3 Å². The number of phenolic OH excluding ortho intramolecular Hbond substituents is 1. The topological polar surface area (TPSA) is 99.1 Å². The van der Waals surface area contributed by atoms with E-state index in [0.717, 1.165) is 10.8 Å². The van der Waals surface area contributed by atoms with E-state index in [-0.39, 0.29) is 17.2 Å². The van der Waals surface area contributed by atoms with Crippen molar-refractivity contribution in [2.45, 2.75) is 18.4 Å². The number of benzene rings is 5. The maximum Gasteiger partial charge on any atom is 0.271 e. The Labute approximate surface area is 243 Å². The molecule has 41 heavy (non-hydrogen) atoms. The minimum Gasteiger partial charge on any atom is -0.507 e. The van der Waals surface area contributed by atoms with Crippen LogP contribution in [0.15, 0.2) is 119 Å². The van der Waals surface area contributed by atoms with Crippen molar-refractivity contribution >= 4 is 50.2 Å². The number of amides is 1. The van der Waals surface area contributed by atoms with Gasteiger partial charge in [0.1, 0.15) is 5.75 Å². The molecule has 0 fully saturated rings. The van der Waals surface area contributed by atoms with E-state index in [1.54, 1.807) is 85.8 Å². The standard InChI is InChI=1S/C32H26ClN3O4S/c1-22-29(33)12-7-13-30(22)36(41(39,40)26-9-3-2-4-10-26)21-23-14-16-25(17-15-23)32(38)35-34-20-28-27-11-6-5-8-24(27)18-19-31(28)37/h2-20,37H,21H2,1H3,(H,35,38). The third kappa shape index (κ3) is 5.94. The largest absolute Gasteiger partial charge is 0.507 e. The van der Waals surface area contributed by atoms with Gasteiger partial charge in [0.15, 0.2) is 0 Å². The number of carbonyl (C=O) groups is 1. The van der Waals surface area contributed by atoms with Crippen LogP contribution in [0.5, 0.6) is 5.75 Å². The number of rotatable bonds is 8. The summed E-state index contributed by atoms with van der Waals surface area (Å²) in [4.78, 5) is 12.9. The van der Waals surface area contributed by atoms with E-state index in [9.17, 15) is 18.3 Å². The summed E-state index contributed by atoms with van der Waals surface area (Å²) >= 11 is 6.34. The fourth-order valence-corrected chi connectivity index (χ4v) is 6.15. The lowest BCUT2D eigenvalue weighted by Crippen LogP contribution is -2.31. The van der Waals surface area contributed by atoms with Gasteiger partial charge in [0.25, 0.3) is 15.9 Å². The van der Waals surface area contributed by atoms with Crippen LogP contribution in [0.2, 0.25) is 5.02 Å². The molecule has 0 bridgehead atoms. The third-order valence-corrected chi connectivity index (χ3v) is 8.87. The Bertz CT molecular complexity index is 1860. The number of aromatic hydroxyl groups is 1. The highest BCUT2D eigenvalue weighted by atomic mass is 35.5. The lowest BCUT2D eigenvalue weighted by Gasteiger charge is -2.26. The van der Waals surface area contributed by atoms with Gasteiger partial charge < -0.3 is 5.11 Å². The van der Waals surface area contributed by atoms with Crippen LogP contribution in [0.1, 0.15) is 27.0 Å². The van der Waals surface area contributed by atoms with Crippen molar-refractivity contribution in [1.82, 2.24) is 5.43 Å². The van der Waals surface area contributed by atoms with Crippen LogP contribution in [0.25, 0.3) is 10.8 Å². The zero-order valence-corrected chi connectivity index (χ0v) is 23.6. The average Bonchev–Trinajstić information content (AvgIpc) is 2.99. The lowest BCUT2D eigenvalue weighted by molar-refractivity contribution is 0.0955. The molecule has 0 saturated heterocycles.